The Morgan fingerprint density at radius 1 is 0.806 bits per heavy atom. The number of rotatable bonds is 10. The molecule has 0 spiro atoms. The molecule has 0 fully saturated rings. The Bertz CT molecular complexity index is 819. The summed E-state index contributed by atoms with van der Waals surface area (Å²) in [6.45, 7) is 3.03. The first-order chi connectivity index (χ1) is 17.7. The van der Waals surface area contributed by atoms with E-state index < -0.39 is 0 Å². The molecule has 0 saturated heterocycles. The third-order valence-corrected chi connectivity index (χ3v) is 3.96. The lowest BCUT2D eigenvalue weighted by atomic mass is 10.2. The maximum atomic E-state index is 11.1. The standard InChI is InChI=1S/C14H16O2.C13H15NOS.2CH4O/c1-2-12-16-14(15)11-7-6-10-13-8-4-3-5-9-13;15-13(14-10-11-16)9-5-4-8-12-6-2-1-3-7-12;2*1-2/h3-11H,2,12H2,1H3;1-9,16H,10-11H2,(H,14,15);2*2H,1H3/b10-6+,11-7+;8-4+,9-5+;;. The minimum absolute atomic E-state index is 0.0910. The van der Waals surface area contributed by atoms with Crippen molar-refractivity contribution in [2.45, 2.75) is 13.3 Å². The van der Waals surface area contributed by atoms with Gasteiger partial charge in [-0.15, -0.1) is 0 Å². The smallest absolute Gasteiger partial charge is 0.330 e. The zero-order chi connectivity index (χ0) is 27.3. The number of carbonyl (C=O) groups excluding carboxylic acids is 2. The van der Waals surface area contributed by atoms with E-state index in [1.165, 1.54) is 12.2 Å². The number of allylic oxidation sites excluding steroid dienone is 4. The number of ether oxygens (including phenoxy) is 1. The van der Waals surface area contributed by atoms with Gasteiger partial charge in [0, 0.05) is 38.7 Å². The molecule has 0 heterocycles. The SMILES string of the molecule is CCCOC(=O)/C=C/C=C/c1ccccc1.CO.CO.O=C(/C=C/C=C/c1ccccc1)NCCS. The first-order valence-electron chi connectivity index (χ1n) is 11.4. The molecule has 0 radical (unpaired) electrons. The predicted molar refractivity (Wildman–Crippen MR) is 154 cm³/mol. The molecule has 7 heteroatoms. The largest absolute Gasteiger partial charge is 0.463 e. The lowest BCUT2D eigenvalue weighted by Gasteiger charge is -1.95. The number of hydrogen-bond acceptors (Lipinski definition) is 6. The molecule has 0 atom stereocenters. The van der Waals surface area contributed by atoms with Gasteiger partial charge in [0.1, 0.15) is 0 Å². The third kappa shape index (κ3) is 22.4. The summed E-state index contributed by atoms with van der Waals surface area (Å²) < 4.78 is 4.88. The monoisotopic (exact) mass is 513 g/mol. The minimum Gasteiger partial charge on any atom is -0.463 e. The summed E-state index contributed by atoms with van der Waals surface area (Å²) in [5, 5.41) is 16.7. The fourth-order valence-electron chi connectivity index (χ4n) is 2.23. The van der Waals surface area contributed by atoms with Crippen LogP contribution in [0.25, 0.3) is 12.2 Å². The van der Waals surface area contributed by atoms with Crippen LogP contribution < -0.4 is 5.32 Å². The Morgan fingerprint density at radius 2 is 1.28 bits per heavy atom. The molecule has 36 heavy (non-hydrogen) atoms. The average Bonchev–Trinajstić information content (AvgIpc) is 2.95. The van der Waals surface area contributed by atoms with Crippen LogP contribution in [0.2, 0.25) is 0 Å². The summed E-state index contributed by atoms with van der Waals surface area (Å²) in [5.74, 6) is 0.269. The highest BCUT2D eigenvalue weighted by molar-refractivity contribution is 7.80. The quantitative estimate of drug-likeness (QED) is 0.159. The van der Waals surface area contributed by atoms with E-state index in [1.54, 1.807) is 12.2 Å². The molecular weight excluding hydrogens is 474 g/mol. The maximum absolute atomic E-state index is 11.1. The fraction of sp³-hybridized carbons (Fsp3) is 0.241. The number of esters is 1. The Kier molecular flexibility index (Phi) is 26.9. The van der Waals surface area contributed by atoms with Crippen LogP contribution in [0.4, 0.5) is 0 Å². The van der Waals surface area contributed by atoms with Crippen molar-refractivity contribution < 1.29 is 24.5 Å². The Morgan fingerprint density at radius 3 is 1.72 bits per heavy atom. The van der Waals surface area contributed by atoms with Gasteiger partial charge < -0.3 is 20.3 Å². The first-order valence-corrected chi connectivity index (χ1v) is 12.0. The van der Waals surface area contributed by atoms with E-state index in [0.717, 1.165) is 31.8 Å². The van der Waals surface area contributed by atoms with Gasteiger partial charge in [-0.3, -0.25) is 4.79 Å². The predicted octanol–water partition coefficient (Wildman–Crippen LogP) is 4.73. The van der Waals surface area contributed by atoms with Gasteiger partial charge in [-0.05, 0) is 17.5 Å². The van der Waals surface area contributed by atoms with E-state index in [4.69, 9.17) is 14.9 Å². The maximum Gasteiger partial charge on any atom is 0.330 e. The van der Waals surface area contributed by atoms with Crippen LogP contribution in [0, 0.1) is 0 Å². The van der Waals surface area contributed by atoms with E-state index in [1.807, 2.05) is 91.9 Å². The van der Waals surface area contributed by atoms with Crippen molar-refractivity contribution in [3.63, 3.8) is 0 Å². The average molecular weight is 514 g/mol. The highest BCUT2D eigenvalue weighted by atomic mass is 32.1. The number of carbonyl (C=O) groups is 2. The lowest BCUT2D eigenvalue weighted by Crippen LogP contribution is -2.22. The van der Waals surface area contributed by atoms with Gasteiger partial charge >= 0.3 is 5.97 Å². The first kappa shape index (κ1) is 34.8. The minimum atomic E-state index is -0.292. The number of thiol groups is 1. The lowest BCUT2D eigenvalue weighted by molar-refractivity contribution is -0.137. The molecule has 0 aliphatic rings. The molecule has 196 valence electrons. The summed E-state index contributed by atoms with van der Waals surface area (Å²) in [6, 6.07) is 19.8. The molecule has 0 bridgehead atoms. The van der Waals surface area contributed by atoms with Crippen LogP contribution >= 0.6 is 12.6 Å². The fourth-order valence-corrected chi connectivity index (χ4v) is 2.34. The second-order valence-corrected chi connectivity index (χ2v) is 6.89. The van der Waals surface area contributed by atoms with Crippen molar-refractivity contribution in [2.75, 3.05) is 33.1 Å². The molecule has 1 amide bonds. The second-order valence-electron chi connectivity index (χ2n) is 6.44. The summed E-state index contributed by atoms with van der Waals surface area (Å²) in [6.07, 6.45) is 14.7. The highest BCUT2D eigenvalue weighted by Crippen LogP contribution is 2.01. The van der Waals surface area contributed by atoms with Crippen LogP contribution in [0.5, 0.6) is 0 Å². The Balaban J connectivity index is 0. The topological polar surface area (TPSA) is 95.9 Å². The number of aliphatic hydroxyl groups excluding tert-OH is 2. The van der Waals surface area contributed by atoms with E-state index in [2.05, 4.69) is 17.9 Å². The molecule has 6 nitrogen and oxygen atoms in total. The van der Waals surface area contributed by atoms with Gasteiger partial charge in [0.15, 0.2) is 0 Å². The van der Waals surface area contributed by atoms with Gasteiger partial charge in [-0.1, -0.05) is 104 Å². The number of benzene rings is 2. The van der Waals surface area contributed by atoms with Gasteiger partial charge in [0.25, 0.3) is 0 Å². The van der Waals surface area contributed by atoms with Crippen molar-refractivity contribution in [3.05, 3.63) is 108 Å². The van der Waals surface area contributed by atoms with Gasteiger partial charge in [0.05, 0.1) is 6.61 Å². The van der Waals surface area contributed by atoms with Crippen LogP contribution in [-0.4, -0.2) is 55.2 Å². The normalized spacial score (nSPS) is 10.2. The number of aliphatic hydroxyl groups is 2. The summed E-state index contributed by atoms with van der Waals surface area (Å²) in [7, 11) is 2.00. The second kappa shape index (κ2) is 27.9. The van der Waals surface area contributed by atoms with E-state index >= 15 is 0 Å². The van der Waals surface area contributed by atoms with Crippen molar-refractivity contribution >= 4 is 36.7 Å². The molecular formula is C29H39NO5S. The van der Waals surface area contributed by atoms with E-state index in [0.29, 0.717) is 18.9 Å². The molecule has 2 aromatic carbocycles. The van der Waals surface area contributed by atoms with Crippen molar-refractivity contribution in [1.29, 1.82) is 0 Å². The molecule has 3 N–H and O–H groups in total. The Labute approximate surface area is 221 Å². The number of amides is 1. The van der Waals surface area contributed by atoms with Gasteiger partial charge in [-0.25, -0.2) is 4.79 Å². The third-order valence-electron chi connectivity index (χ3n) is 3.74. The molecule has 0 aliphatic carbocycles. The number of hydrogen-bond donors (Lipinski definition) is 4. The van der Waals surface area contributed by atoms with Crippen LogP contribution in [0.1, 0.15) is 24.5 Å². The number of nitrogens with one attached hydrogen (secondary N) is 1. The molecule has 0 unspecified atom stereocenters. The molecule has 2 aromatic rings. The van der Waals surface area contributed by atoms with Crippen molar-refractivity contribution in [1.82, 2.24) is 5.32 Å². The summed E-state index contributed by atoms with van der Waals surface area (Å²) >= 11 is 4.00. The zero-order valence-electron chi connectivity index (χ0n) is 21.3. The Hall–Kier alpha value is -3.39. The molecule has 2 rings (SSSR count). The molecule has 0 aliphatic heterocycles. The van der Waals surface area contributed by atoms with E-state index in [-0.39, 0.29) is 11.9 Å². The highest BCUT2D eigenvalue weighted by Gasteiger charge is 1.92. The zero-order valence-corrected chi connectivity index (χ0v) is 22.2. The van der Waals surface area contributed by atoms with Gasteiger partial charge in [-0.2, -0.15) is 12.6 Å². The summed E-state index contributed by atoms with van der Waals surface area (Å²) in [5.41, 5.74) is 2.22. The summed E-state index contributed by atoms with van der Waals surface area (Å²) in [4.78, 5) is 22.2. The van der Waals surface area contributed by atoms with Gasteiger partial charge in [0.2, 0.25) is 5.91 Å². The van der Waals surface area contributed by atoms with Crippen LogP contribution in [0.3, 0.4) is 0 Å². The van der Waals surface area contributed by atoms with Crippen molar-refractivity contribution in [2.24, 2.45) is 0 Å². The van der Waals surface area contributed by atoms with E-state index in [9.17, 15) is 9.59 Å². The molecule has 0 aromatic heterocycles. The van der Waals surface area contributed by atoms with Crippen molar-refractivity contribution in [3.8, 4) is 0 Å². The molecule has 0 saturated carbocycles. The van der Waals surface area contributed by atoms with Crippen LogP contribution in [-0.2, 0) is 14.3 Å². The van der Waals surface area contributed by atoms with Crippen LogP contribution in [0.15, 0.2) is 97.1 Å².